The van der Waals surface area contributed by atoms with E-state index in [1.807, 2.05) is 13.8 Å². The van der Waals surface area contributed by atoms with Crippen LogP contribution in [0.5, 0.6) is 17.2 Å². The summed E-state index contributed by atoms with van der Waals surface area (Å²) < 4.78 is 10.7. The van der Waals surface area contributed by atoms with Crippen LogP contribution in [-0.4, -0.2) is 52.6 Å². The minimum Gasteiger partial charge on any atom is -0.502 e. The molecule has 154 valence electrons. The van der Waals surface area contributed by atoms with Crippen molar-refractivity contribution < 1.29 is 29.3 Å². The van der Waals surface area contributed by atoms with Gasteiger partial charge in [-0.3, -0.25) is 14.5 Å². The second kappa shape index (κ2) is 10.9. The molecular weight excluding hydrogens is 402 g/mol. The van der Waals surface area contributed by atoms with Gasteiger partial charge in [0.15, 0.2) is 11.5 Å². The molecule has 1 saturated heterocycles. The lowest BCUT2D eigenvalue weighted by molar-refractivity contribution is -0.137. The first-order chi connectivity index (χ1) is 13.1. The van der Waals surface area contributed by atoms with Crippen LogP contribution in [0.2, 0.25) is 0 Å². The summed E-state index contributed by atoms with van der Waals surface area (Å²) in [6.45, 7) is 4.03. The molecule has 0 radical (unpaired) electrons. The van der Waals surface area contributed by atoms with Crippen LogP contribution in [-0.2, 0) is 9.59 Å². The number of amides is 1. The molecule has 2 N–H and O–H groups in total. The maximum Gasteiger partial charge on any atom is 0.303 e. The third kappa shape index (κ3) is 6.72. The third-order valence-electron chi connectivity index (χ3n) is 3.72. The Kier molecular flexibility index (Phi) is 9.27. The second-order valence-electron chi connectivity index (χ2n) is 6.34. The number of methoxy groups -OCH3 is 2. The van der Waals surface area contributed by atoms with Gasteiger partial charge in [0.05, 0.1) is 19.1 Å². The zero-order valence-electron chi connectivity index (χ0n) is 16.5. The largest absolute Gasteiger partial charge is 0.502 e. The molecule has 0 atom stereocenters. The first-order valence-corrected chi connectivity index (χ1v) is 9.71. The Morgan fingerprint density at radius 1 is 1.29 bits per heavy atom. The standard InChI is InChI=1S/C13H13NO4S2.C6H12O2/c1-14-12(16)10(20-13(14)19)6-7-4-8(17-2)11(15)9(5-7)18-3;1-5(2)3-4-6(7)8/h4-6,15H,1-3H3;5H,3-4H2,1-2H3,(H,7,8)/b10-6-;. The number of benzene rings is 1. The van der Waals surface area contributed by atoms with Crippen molar-refractivity contribution in [1.82, 2.24) is 4.90 Å². The number of carboxylic acid groups (broad SMARTS) is 1. The van der Waals surface area contributed by atoms with Crippen LogP contribution in [0, 0.1) is 5.92 Å². The van der Waals surface area contributed by atoms with Crippen molar-refractivity contribution in [2.75, 3.05) is 21.3 Å². The Morgan fingerprint density at radius 2 is 1.82 bits per heavy atom. The van der Waals surface area contributed by atoms with E-state index in [-0.39, 0.29) is 23.2 Å². The topological polar surface area (TPSA) is 96.3 Å². The number of carbonyl (C=O) groups excluding carboxylic acids is 1. The number of likely N-dealkylation sites (N-methyl/N-ethyl adjacent to an activating group) is 1. The molecule has 1 fully saturated rings. The molecule has 1 aromatic rings. The van der Waals surface area contributed by atoms with Crippen LogP contribution in [0.1, 0.15) is 32.3 Å². The predicted octanol–water partition coefficient (Wildman–Crippen LogP) is 3.75. The van der Waals surface area contributed by atoms with Crippen molar-refractivity contribution >= 4 is 46.3 Å². The van der Waals surface area contributed by atoms with E-state index >= 15 is 0 Å². The summed E-state index contributed by atoms with van der Waals surface area (Å²) >= 11 is 6.30. The molecule has 2 rings (SSSR count). The van der Waals surface area contributed by atoms with Crippen LogP contribution < -0.4 is 9.47 Å². The van der Waals surface area contributed by atoms with Gasteiger partial charge in [0.2, 0.25) is 5.75 Å². The van der Waals surface area contributed by atoms with Gasteiger partial charge in [-0.25, -0.2) is 0 Å². The number of aliphatic carboxylic acids is 1. The molecule has 0 bridgehead atoms. The van der Waals surface area contributed by atoms with Gasteiger partial charge in [-0.05, 0) is 36.1 Å². The molecule has 0 unspecified atom stereocenters. The van der Waals surface area contributed by atoms with Crippen molar-refractivity contribution in [3.8, 4) is 17.2 Å². The summed E-state index contributed by atoms with van der Waals surface area (Å²) in [5.41, 5.74) is 0.686. The lowest BCUT2D eigenvalue weighted by Crippen LogP contribution is -2.22. The van der Waals surface area contributed by atoms with Crippen molar-refractivity contribution in [1.29, 1.82) is 0 Å². The maximum absolute atomic E-state index is 11.9. The van der Waals surface area contributed by atoms with E-state index in [1.54, 1.807) is 25.3 Å². The summed E-state index contributed by atoms with van der Waals surface area (Å²) in [7, 11) is 4.53. The number of ether oxygens (including phenoxy) is 2. The molecule has 0 spiro atoms. The fourth-order valence-corrected chi connectivity index (χ4v) is 3.29. The number of phenols is 1. The van der Waals surface area contributed by atoms with Gasteiger partial charge < -0.3 is 19.7 Å². The number of hydrogen-bond acceptors (Lipinski definition) is 7. The zero-order valence-corrected chi connectivity index (χ0v) is 18.1. The monoisotopic (exact) mass is 427 g/mol. The van der Waals surface area contributed by atoms with Crippen LogP contribution >= 0.6 is 24.0 Å². The molecule has 7 nitrogen and oxygen atoms in total. The number of carbonyl (C=O) groups is 2. The van der Waals surface area contributed by atoms with E-state index in [1.165, 1.54) is 30.9 Å². The van der Waals surface area contributed by atoms with Crippen LogP contribution in [0.4, 0.5) is 0 Å². The molecule has 28 heavy (non-hydrogen) atoms. The fraction of sp³-hybridized carbons (Fsp3) is 0.421. The van der Waals surface area contributed by atoms with Gasteiger partial charge >= 0.3 is 5.97 Å². The average molecular weight is 428 g/mol. The Bertz CT molecular complexity index is 751. The van der Waals surface area contributed by atoms with Gasteiger partial charge in [-0.2, -0.15) is 0 Å². The molecule has 0 aromatic heterocycles. The van der Waals surface area contributed by atoms with Gasteiger partial charge in [-0.1, -0.05) is 37.8 Å². The van der Waals surface area contributed by atoms with Crippen molar-refractivity contribution in [2.45, 2.75) is 26.7 Å². The Labute approximate surface area is 174 Å². The molecule has 0 saturated carbocycles. The highest BCUT2D eigenvalue weighted by molar-refractivity contribution is 8.26. The van der Waals surface area contributed by atoms with Gasteiger partial charge in [0.1, 0.15) is 4.32 Å². The van der Waals surface area contributed by atoms with E-state index in [0.29, 0.717) is 27.1 Å². The highest BCUT2D eigenvalue weighted by Crippen LogP contribution is 2.39. The molecule has 1 aliphatic heterocycles. The first kappa shape index (κ1) is 23.8. The first-order valence-electron chi connectivity index (χ1n) is 8.49. The van der Waals surface area contributed by atoms with Crippen molar-refractivity contribution in [2.24, 2.45) is 5.92 Å². The smallest absolute Gasteiger partial charge is 0.303 e. The molecule has 9 heteroatoms. The number of phenolic OH excluding ortho intramolecular Hbond substituents is 1. The minimum absolute atomic E-state index is 0.0739. The normalized spacial score (nSPS) is 14.9. The number of hydrogen-bond donors (Lipinski definition) is 2. The van der Waals surface area contributed by atoms with E-state index in [4.69, 9.17) is 26.8 Å². The highest BCUT2D eigenvalue weighted by atomic mass is 32.2. The van der Waals surface area contributed by atoms with Crippen LogP contribution in [0.25, 0.3) is 6.08 Å². The zero-order chi connectivity index (χ0) is 21.4. The predicted molar refractivity (Wildman–Crippen MR) is 114 cm³/mol. The lowest BCUT2D eigenvalue weighted by atomic mass is 10.1. The van der Waals surface area contributed by atoms with E-state index in [9.17, 15) is 14.7 Å². The highest BCUT2D eigenvalue weighted by Gasteiger charge is 2.28. The van der Waals surface area contributed by atoms with Gasteiger partial charge in [0.25, 0.3) is 5.91 Å². The maximum atomic E-state index is 11.9. The third-order valence-corrected chi connectivity index (χ3v) is 5.21. The summed E-state index contributed by atoms with van der Waals surface area (Å²) in [4.78, 5) is 23.8. The number of nitrogens with zero attached hydrogens (tertiary/aromatic N) is 1. The number of carboxylic acids is 1. The summed E-state index contributed by atoms with van der Waals surface area (Å²) in [6, 6.07) is 3.25. The summed E-state index contributed by atoms with van der Waals surface area (Å²) in [6.07, 6.45) is 2.78. The Balaban J connectivity index is 0.000000416. The minimum atomic E-state index is -0.696. The SMILES string of the molecule is CC(C)CCC(=O)O.COc1cc(/C=C2\SC(=S)N(C)C2=O)cc(OC)c1O. The van der Waals surface area contributed by atoms with Crippen molar-refractivity contribution in [3.63, 3.8) is 0 Å². The van der Waals surface area contributed by atoms with E-state index < -0.39 is 5.97 Å². The molecule has 1 heterocycles. The Hall–Kier alpha value is -2.26. The molecule has 0 aliphatic carbocycles. The number of thioether (sulfide) groups is 1. The van der Waals surface area contributed by atoms with Gasteiger partial charge in [0, 0.05) is 13.5 Å². The van der Waals surface area contributed by atoms with Crippen molar-refractivity contribution in [3.05, 3.63) is 22.6 Å². The molecule has 1 amide bonds. The lowest BCUT2D eigenvalue weighted by Gasteiger charge is -2.09. The molecular formula is C19H25NO6S2. The second-order valence-corrected chi connectivity index (χ2v) is 8.02. The number of rotatable bonds is 6. The molecule has 1 aliphatic rings. The Morgan fingerprint density at radius 3 is 2.14 bits per heavy atom. The summed E-state index contributed by atoms with van der Waals surface area (Å²) in [5, 5.41) is 18.0. The van der Waals surface area contributed by atoms with E-state index in [2.05, 4.69) is 0 Å². The number of thiocarbonyl (C=S) groups is 1. The quantitative estimate of drug-likeness (QED) is 0.523. The number of aromatic hydroxyl groups is 1. The van der Waals surface area contributed by atoms with Gasteiger partial charge in [-0.15, -0.1) is 0 Å². The molecule has 1 aromatic carbocycles. The fourth-order valence-electron chi connectivity index (χ4n) is 2.11. The van der Waals surface area contributed by atoms with Crippen LogP contribution in [0.15, 0.2) is 17.0 Å². The van der Waals surface area contributed by atoms with Crippen LogP contribution in [0.3, 0.4) is 0 Å². The average Bonchev–Trinajstić information content (AvgIpc) is 2.88. The summed E-state index contributed by atoms with van der Waals surface area (Å²) in [5.74, 6) is 0.149. The van der Waals surface area contributed by atoms with E-state index in [0.717, 1.165) is 6.42 Å².